The van der Waals surface area contributed by atoms with Gasteiger partial charge in [0, 0.05) is 0 Å². The molecule has 0 bridgehead atoms. The molecule has 0 aromatic heterocycles. The predicted molar refractivity (Wildman–Crippen MR) is 91.0 cm³/mol. The van der Waals surface area contributed by atoms with Gasteiger partial charge in [0.2, 0.25) is 0 Å². The van der Waals surface area contributed by atoms with Gasteiger partial charge in [-0.1, -0.05) is 46.5 Å². The van der Waals surface area contributed by atoms with Crippen LogP contribution < -0.4 is 0 Å². The summed E-state index contributed by atoms with van der Waals surface area (Å²) in [7, 11) is 0. The SMILES string of the molecule is CCCCCOC(=O)C1CCC(C)CC1C(=O)OCCCCC. The smallest absolute Gasteiger partial charge is 0.309 e. The molecule has 0 radical (unpaired) electrons. The van der Waals surface area contributed by atoms with Crippen molar-refractivity contribution in [2.75, 3.05) is 13.2 Å². The summed E-state index contributed by atoms with van der Waals surface area (Å²) in [6, 6.07) is 0. The van der Waals surface area contributed by atoms with E-state index in [0.29, 0.717) is 19.1 Å². The summed E-state index contributed by atoms with van der Waals surface area (Å²) >= 11 is 0. The molecule has 3 unspecified atom stereocenters. The van der Waals surface area contributed by atoms with E-state index >= 15 is 0 Å². The molecule has 1 saturated carbocycles. The van der Waals surface area contributed by atoms with Gasteiger partial charge in [-0.15, -0.1) is 0 Å². The van der Waals surface area contributed by atoms with Gasteiger partial charge in [0.25, 0.3) is 0 Å². The molecule has 1 fully saturated rings. The van der Waals surface area contributed by atoms with Gasteiger partial charge in [-0.2, -0.15) is 0 Å². The lowest BCUT2D eigenvalue weighted by atomic mass is 9.74. The van der Waals surface area contributed by atoms with Crippen molar-refractivity contribution in [1.82, 2.24) is 0 Å². The molecular weight excluding hydrogens is 292 g/mol. The fourth-order valence-corrected chi connectivity index (χ4v) is 3.19. The minimum atomic E-state index is -0.320. The number of esters is 2. The average Bonchev–Trinajstić information content (AvgIpc) is 2.55. The Labute approximate surface area is 141 Å². The van der Waals surface area contributed by atoms with Crippen molar-refractivity contribution in [3.05, 3.63) is 0 Å². The van der Waals surface area contributed by atoms with Crippen molar-refractivity contribution in [1.29, 1.82) is 0 Å². The topological polar surface area (TPSA) is 52.6 Å². The molecule has 0 aliphatic heterocycles. The maximum Gasteiger partial charge on any atom is 0.309 e. The number of rotatable bonds is 10. The standard InChI is InChI=1S/C19H34O4/c1-4-6-8-12-22-18(20)16-11-10-15(3)14-17(16)19(21)23-13-9-7-5-2/h15-17H,4-14H2,1-3H3. The first-order valence-electron chi connectivity index (χ1n) is 9.43. The van der Waals surface area contributed by atoms with Crippen LogP contribution in [0.3, 0.4) is 0 Å². The van der Waals surface area contributed by atoms with Crippen molar-refractivity contribution < 1.29 is 19.1 Å². The van der Waals surface area contributed by atoms with Crippen LogP contribution in [-0.2, 0) is 19.1 Å². The second-order valence-corrected chi connectivity index (χ2v) is 6.88. The highest BCUT2D eigenvalue weighted by Gasteiger charge is 2.39. The Morgan fingerprint density at radius 1 is 0.826 bits per heavy atom. The largest absolute Gasteiger partial charge is 0.465 e. The molecule has 134 valence electrons. The average molecular weight is 326 g/mol. The quantitative estimate of drug-likeness (QED) is 0.438. The van der Waals surface area contributed by atoms with E-state index in [4.69, 9.17) is 9.47 Å². The Balaban J connectivity index is 2.49. The Bertz CT molecular complexity index is 353. The van der Waals surface area contributed by atoms with Crippen LogP contribution in [0.4, 0.5) is 0 Å². The van der Waals surface area contributed by atoms with Crippen molar-refractivity contribution >= 4 is 11.9 Å². The van der Waals surface area contributed by atoms with Crippen molar-refractivity contribution in [2.24, 2.45) is 17.8 Å². The molecule has 4 heteroatoms. The van der Waals surface area contributed by atoms with Crippen LogP contribution in [0.5, 0.6) is 0 Å². The highest BCUT2D eigenvalue weighted by atomic mass is 16.5. The Hall–Kier alpha value is -1.06. The molecule has 0 aromatic rings. The summed E-state index contributed by atoms with van der Waals surface area (Å²) in [6.07, 6.45) is 8.59. The zero-order valence-electron chi connectivity index (χ0n) is 15.1. The third-order valence-corrected chi connectivity index (χ3v) is 4.70. The van der Waals surface area contributed by atoms with Crippen LogP contribution in [0, 0.1) is 17.8 Å². The van der Waals surface area contributed by atoms with Gasteiger partial charge in [0.05, 0.1) is 25.0 Å². The maximum atomic E-state index is 12.4. The number of carbonyl (C=O) groups excluding carboxylic acids is 2. The first-order chi connectivity index (χ1) is 11.1. The molecule has 4 nitrogen and oxygen atoms in total. The summed E-state index contributed by atoms with van der Waals surface area (Å²) < 4.78 is 10.8. The van der Waals surface area contributed by atoms with Gasteiger partial charge >= 0.3 is 11.9 Å². The monoisotopic (exact) mass is 326 g/mol. The number of hydrogen-bond donors (Lipinski definition) is 0. The Morgan fingerprint density at radius 3 is 1.87 bits per heavy atom. The zero-order valence-corrected chi connectivity index (χ0v) is 15.1. The molecule has 0 amide bonds. The summed E-state index contributed by atoms with van der Waals surface area (Å²) in [4.78, 5) is 24.7. The minimum absolute atomic E-state index is 0.205. The van der Waals surface area contributed by atoms with Crippen LogP contribution in [-0.4, -0.2) is 25.2 Å². The normalized spacial score (nSPS) is 24.2. The number of ether oxygens (including phenoxy) is 2. The molecule has 23 heavy (non-hydrogen) atoms. The lowest BCUT2D eigenvalue weighted by Crippen LogP contribution is -2.37. The first-order valence-corrected chi connectivity index (χ1v) is 9.43. The zero-order chi connectivity index (χ0) is 17.1. The van der Waals surface area contributed by atoms with E-state index in [1.165, 1.54) is 0 Å². The molecular formula is C19H34O4. The lowest BCUT2D eigenvalue weighted by Gasteiger charge is -2.31. The Kier molecular flexibility index (Phi) is 9.97. The predicted octanol–water partition coefficient (Wildman–Crippen LogP) is 4.51. The molecule has 0 N–H and O–H groups in total. The van der Waals surface area contributed by atoms with Crippen LogP contribution in [0.15, 0.2) is 0 Å². The molecule has 0 heterocycles. The van der Waals surface area contributed by atoms with Gasteiger partial charge < -0.3 is 9.47 Å². The maximum absolute atomic E-state index is 12.4. The van der Waals surface area contributed by atoms with Crippen molar-refractivity contribution in [3.8, 4) is 0 Å². The summed E-state index contributed by atoms with van der Waals surface area (Å²) in [5.74, 6) is -0.579. The van der Waals surface area contributed by atoms with Crippen LogP contribution in [0.1, 0.15) is 78.6 Å². The molecule has 1 rings (SSSR count). The van der Waals surface area contributed by atoms with Crippen LogP contribution in [0.2, 0.25) is 0 Å². The third-order valence-electron chi connectivity index (χ3n) is 4.70. The fraction of sp³-hybridized carbons (Fsp3) is 0.895. The van der Waals surface area contributed by atoms with E-state index in [0.717, 1.165) is 57.8 Å². The first kappa shape index (κ1) is 20.0. The van der Waals surface area contributed by atoms with E-state index in [2.05, 4.69) is 20.8 Å². The molecule has 0 saturated heterocycles. The van der Waals surface area contributed by atoms with Gasteiger partial charge in [0.15, 0.2) is 0 Å². The van der Waals surface area contributed by atoms with E-state index in [1.807, 2.05) is 0 Å². The molecule has 3 atom stereocenters. The van der Waals surface area contributed by atoms with E-state index in [9.17, 15) is 9.59 Å². The summed E-state index contributed by atoms with van der Waals surface area (Å²) in [6.45, 7) is 7.32. The van der Waals surface area contributed by atoms with Crippen molar-refractivity contribution in [3.63, 3.8) is 0 Å². The third kappa shape index (κ3) is 7.36. The van der Waals surface area contributed by atoms with Crippen LogP contribution >= 0.6 is 0 Å². The Morgan fingerprint density at radius 2 is 1.35 bits per heavy atom. The minimum Gasteiger partial charge on any atom is -0.465 e. The summed E-state index contributed by atoms with van der Waals surface area (Å²) in [5, 5.41) is 0. The van der Waals surface area contributed by atoms with E-state index in [1.54, 1.807) is 0 Å². The molecule has 0 aromatic carbocycles. The van der Waals surface area contributed by atoms with Crippen molar-refractivity contribution in [2.45, 2.75) is 78.6 Å². The van der Waals surface area contributed by atoms with Crippen LogP contribution in [0.25, 0.3) is 0 Å². The number of unbranched alkanes of at least 4 members (excludes halogenated alkanes) is 4. The molecule has 0 spiro atoms. The van der Waals surface area contributed by atoms with E-state index in [-0.39, 0.29) is 23.8 Å². The van der Waals surface area contributed by atoms with Gasteiger partial charge in [0.1, 0.15) is 0 Å². The van der Waals surface area contributed by atoms with Gasteiger partial charge in [-0.05, 0) is 38.0 Å². The number of hydrogen-bond acceptors (Lipinski definition) is 4. The summed E-state index contributed by atoms with van der Waals surface area (Å²) in [5.41, 5.74) is 0. The second-order valence-electron chi connectivity index (χ2n) is 6.88. The molecule has 1 aliphatic carbocycles. The number of carbonyl (C=O) groups is 2. The molecule has 1 aliphatic rings. The van der Waals surface area contributed by atoms with Gasteiger partial charge in [-0.25, -0.2) is 0 Å². The van der Waals surface area contributed by atoms with Gasteiger partial charge in [-0.3, -0.25) is 9.59 Å². The second kappa shape index (κ2) is 11.5. The highest BCUT2D eigenvalue weighted by molar-refractivity contribution is 5.82. The fourth-order valence-electron chi connectivity index (χ4n) is 3.19. The van der Waals surface area contributed by atoms with E-state index < -0.39 is 0 Å². The lowest BCUT2D eigenvalue weighted by molar-refractivity contribution is -0.163. The highest BCUT2D eigenvalue weighted by Crippen LogP contribution is 2.35.